The summed E-state index contributed by atoms with van der Waals surface area (Å²) in [6.45, 7) is 0. The van der Waals surface area contributed by atoms with Crippen LogP contribution in [0.5, 0.6) is 0 Å². The quantitative estimate of drug-likeness (QED) is 0.740. The van der Waals surface area contributed by atoms with Gasteiger partial charge in [-0.3, -0.25) is 0 Å². The SMILES string of the molecule is NC1CCCc2nc(-c3csc4ccccc34)ncc21. The highest BCUT2D eigenvalue weighted by molar-refractivity contribution is 7.17. The van der Waals surface area contributed by atoms with Crippen molar-refractivity contribution < 1.29 is 0 Å². The number of fused-ring (bicyclic) bond motifs is 2. The molecule has 4 heteroatoms. The van der Waals surface area contributed by atoms with E-state index >= 15 is 0 Å². The van der Waals surface area contributed by atoms with Gasteiger partial charge in [0, 0.05) is 44.5 Å². The van der Waals surface area contributed by atoms with Crippen LogP contribution in [0.1, 0.15) is 30.1 Å². The van der Waals surface area contributed by atoms with Gasteiger partial charge in [0.2, 0.25) is 0 Å². The van der Waals surface area contributed by atoms with Gasteiger partial charge in [0.25, 0.3) is 0 Å². The molecule has 0 fully saturated rings. The zero-order valence-corrected chi connectivity index (χ0v) is 11.9. The summed E-state index contributed by atoms with van der Waals surface area (Å²) >= 11 is 1.74. The molecule has 2 aromatic heterocycles. The number of aromatic nitrogens is 2. The van der Waals surface area contributed by atoms with Crippen LogP contribution in [0.15, 0.2) is 35.8 Å². The van der Waals surface area contributed by atoms with E-state index in [4.69, 9.17) is 10.7 Å². The molecule has 3 nitrogen and oxygen atoms in total. The van der Waals surface area contributed by atoms with Gasteiger partial charge in [0.05, 0.1) is 0 Å². The first kappa shape index (κ1) is 12.0. The zero-order chi connectivity index (χ0) is 13.5. The largest absolute Gasteiger partial charge is 0.324 e. The van der Waals surface area contributed by atoms with Gasteiger partial charge >= 0.3 is 0 Å². The van der Waals surface area contributed by atoms with Crippen LogP contribution >= 0.6 is 11.3 Å². The maximum absolute atomic E-state index is 6.13. The van der Waals surface area contributed by atoms with Crippen molar-refractivity contribution in [2.75, 3.05) is 0 Å². The third-order valence-electron chi connectivity index (χ3n) is 3.95. The molecule has 1 atom stereocenters. The van der Waals surface area contributed by atoms with E-state index in [1.54, 1.807) is 11.3 Å². The van der Waals surface area contributed by atoms with Crippen molar-refractivity contribution in [1.82, 2.24) is 9.97 Å². The molecule has 3 aromatic rings. The minimum atomic E-state index is 0.104. The van der Waals surface area contributed by atoms with Crippen LogP contribution in [-0.2, 0) is 6.42 Å². The molecule has 1 aliphatic rings. The van der Waals surface area contributed by atoms with Crippen molar-refractivity contribution in [1.29, 1.82) is 0 Å². The Balaban J connectivity index is 1.87. The molecule has 0 radical (unpaired) electrons. The van der Waals surface area contributed by atoms with Gasteiger partial charge in [0.1, 0.15) is 0 Å². The number of thiophene rings is 1. The van der Waals surface area contributed by atoms with Gasteiger partial charge in [-0.1, -0.05) is 18.2 Å². The molecule has 2 heterocycles. The highest BCUT2D eigenvalue weighted by atomic mass is 32.1. The van der Waals surface area contributed by atoms with Crippen LogP contribution in [-0.4, -0.2) is 9.97 Å². The molecular formula is C16H15N3S. The van der Waals surface area contributed by atoms with Crippen LogP contribution in [0.3, 0.4) is 0 Å². The second-order valence-electron chi connectivity index (χ2n) is 5.24. The molecule has 20 heavy (non-hydrogen) atoms. The number of hydrogen-bond donors (Lipinski definition) is 1. The number of rotatable bonds is 1. The summed E-state index contributed by atoms with van der Waals surface area (Å²) in [5.74, 6) is 0.829. The fourth-order valence-electron chi connectivity index (χ4n) is 2.86. The van der Waals surface area contributed by atoms with Gasteiger partial charge in [-0.15, -0.1) is 11.3 Å². The van der Waals surface area contributed by atoms with Crippen molar-refractivity contribution in [2.24, 2.45) is 5.73 Å². The van der Waals surface area contributed by atoms with Crippen molar-refractivity contribution >= 4 is 21.4 Å². The third kappa shape index (κ3) is 1.84. The van der Waals surface area contributed by atoms with Crippen LogP contribution in [0, 0.1) is 0 Å². The van der Waals surface area contributed by atoms with E-state index in [9.17, 15) is 0 Å². The topological polar surface area (TPSA) is 51.8 Å². The molecule has 1 aliphatic carbocycles. The van der Waals surface area contributed by atoms with E-state index in [1.807, 2.05) is 6.20 Å². The Labute approximate surface area is 121 Å². The molecule has 0 saturated heterocycles. The average molecular weight is 281 g/mol. The van der Waals surface area contributed by atoms with E-state index in [-0.39, 0.29) is 6.04 Å². The summed E-state index contributed by atoms with van der Waals surface area (Å²) in [7, 11) is 0. The van der Waals surface area contributed by atoms with Crippen LogP contribution in [0.25, 0.3) is 21.5 Å². The van der Waals surface area contributed by atoms with Crippen molar-refractivity contribution in [3.8, 4) is 11.4 Å². The summed E-state index contributed by atoms with van der Waals surface area (Å²) in [5, 5.41) is 3.38. The van der Waals surface area contributed by atoms with Crippen molar-refractivity contribution in [3.05, 3.63) is 47.1 Å². The molecule has 1 aromatic carbocycles. The predicted octanol–water partition coefficient (Wildman–Crippen LogP) is 3.69. The second-order valence-corrected chi connectivity index (χ2v) is 6.15. The highest BCUT2D eigenvalue weighted by Crippen LogP contribution is 2.33. The molecule has 0 spiro atoms. The lowest BCUT2D eigenvalue weighted by molar-refractivity contribution is 0.557. The molecule has 0 bridgehead atoms. The monoisotopic (exact) mass is 281 g/mol. The van der Waals surface area contributed by atoms with E-state index < -0.39 is 0 Å². The first-order valence-corrected chi connectivity index (χ1v) is 7.79. The van der Waals surface area contributed by atoms with E-state index in [0.717, 1.165) is 41.9 Å². The van der Waals surface area contributed by atoms with Crippen molar-refractivity contribution in [3.63, 3.8) is 0 Å². The Bertz CT molecular complexity index is 778. The summed E-state index contributed by atoms with van der Waals surface area (Å²) in [5.41, 5.74) is 9.51. The summed E-state index contributed by atoms with van der Waals surface area (Å²) in [6, 6.07) is 8.50. The number of nitrogens with two attached hydrogens (primary N) is 1. The minimum Gasteiger partial charge on any atom is -0.324 e. The fourth-order valence-corrected chi connectivity index (χ4v) is 3.80. The van der Waals surface area contributed by atoms with Gasteiger partial charge in [0.15, 0.2) is 5.82 Å². The van der Waals surface area contributed by atoms with Crippen LogP contribution in [0.4, 0.5) is 0 Å². The molecule has 0 amide bonds. The third-order valence-corrected chi connectivity index (χ3v) is 4.91. The lowest BCUT2D eigenvalue weighted by Gasteiger charge is -2.20. The van der Waals surface area contributed by atoms with Gasteiger partial charge < -0.3 is 5.73 Å². The van der Waals surface area contributed by atoms with Crippen LogP contribution in [0.2, 0.25) is 0 Å². The lowest BCUT2D eigenvalue weighted by atomic mass is 9.93. The molecule has 100 valence electrons. The standard InChI is InChI=1S/C16H15N3S/c17-13-5-3-6-14-11(13)8-18-16(19-14)12-9-20-15-7-2-1-4-10(12)15/h1-2,4,7-9,13H,3,5-6,17H2. The molecule has 0 aliphatic heterocycles. The van der Waals surface area contributed by atoms with E-state index in [1.165, 1.54) is 10.1 Å². The van der Waals surface area contributed by atoms with E-state index in [2.05, 4.69) is 34.6 Å². The molecule has 1 unspecified atom stereocenters. The smallest absolute Gasteiger partial charge is 0.160 e. The maximum atomic E-state index is 6.13. The fraction of sp³-hybridized carbons (Fsp3) is 0.250. The second kappa shape index (κ2) is 4.65. The van der Waals surface area contributed by atoms with Gasteiger partial charge in [-0.25, -0.2) is 9.97 Å². The molecule has 2 N–H and O–H groups in total. The van der Waals surface area contributed by atoms with Gasteiger partial charge in [-0.05, 0) is 25.3 Å². The Hall–Kier alpha value is -1.78. The zero-order valence-electron chi connectivity index (χ0n) is 11.0. The van der Waals surface area contributed by atoms with E-state index in [0.29, 0.717) is 0 Å². The Morgan fingerprint density at radius 2 is 2.15 bits per heavy atom. The predicted molar refractivity (Wildman–Crippen MR) is 82.7 cm³/mol. The lowest BCUT2D eigenvalue weighted by Crippen LogP contribution is -2.19. The Morgan fingerprint density at radius 1 is 1.25 bits per heavy atom. The molecular weight excluding hydrogens is 266 g/mol. The first-order valence-electron chi connectivity index (χ1n) is 6.91. The number of hydrogen-bond acceptors (Lipinski definition) is 4. The highest BCUT2D eigenvalue weighted by Gasteiger charge is 2.20. The number of nitrogens with zero attached hydrogens (tertiary/aromatic N) is 2. The minimum absolute atomic E-state index is 0.104. The van der Waals surface area contributed by atoms with Crippen LogP contribution < -0.4 is 5.73 Å². The van der Waals surface area contributed by atoms with Gasteiger partial charge in [-0.2, -0.15) is 0 Å². The maximum Gasteiger partial charge on any atom is 0.160 e. The summed E-state index contributed by atoms with van der Waals surface area (Å²) < 4.78 is 1.28. The number of benzene rings is 1. The molecule has 4 rings (SSSR count). The number of aryl methyl sites for hydroxylation is 1. The molecule has 0 saturated carbocycles. The summed E-state index contributed by atoms with van der Waals surface area (Å²) in [6.07, 6.45) is 5.10. The summed E-state index contributed by atoms with van der Waals surface area (Å²) in [4.78, 5) is 9.32. The normalized spacial score (nSPS) is 18.1. The Morgan fingerprint density at radius 3 is 3.10 bits per heavy atom. The van der Waals surface area contributed by atoms with Crippen molar-refractivity contribution in [2.45, 2.75) is 25.3 Å². The average Bonchev–Trinajstić information content (AvgIpc) is 2.91. The first-order chi connectivity index (χ1) is 9.83. The Kier molecular flexibility index (Phi) is 2.79.